The number of hydrogen-bond donors (Lipinski definition) is 2. The summed E-state index contributed by atoms with van der Waals surface area (Å²) in [6.07, 6.45) is 0.711. The molecule has 2 aromatic rings. The second-order valence-corrected chi connectivity index (χ2v) is 6.64. The first-order chi connectivity index (χ1) is 9.11. The van der Waals surface area contributed by atoms with E-state index in [2.05, 4.69) is 13.0 Å². The Bertz CT molecular complexity index is 549. The van der Waals surface area contributed by atoms with Gasteiger partial charge in [-0.25, -0.2) is 0 Å². The van der Waals surface area contributed by atoms with Crippen molar-refractivity contribution < 1.29 is 5.11 Å². The lowest BCUT2D eigenvalue weighted by Gasteiger charge is -2.32. The molecule has 1 atom stereocenters. The zero-order valence-electron chi connectivity index (χ0n) is 10.9. The van der Waals surface area contributed by atoms with Crippen molar-refractivity contribution in [3.63, 3.8) is 0 Å². The van der Waals surface area contributed by atoms with Crippen LogP contribution in [0.1, 0.15) is 16.0 Å². The second kappa shape index (κ2) is 6.06. The third-order valence-corrected chi connectivity index (χ3v) is 4.78. The average Bonchev–Trinajstić information content (AvgIpc) is 2.82. The summed E-state index contributed by atoms with van der Waals surface area (Å²) in [6, 6.07) is 12.0. The number of halogens is 1. The summed E-state index contributed by atoms with van der Waals surface area (Å²) < 4.78 is 0.767. The Morgan fingerprint density at radius 1 is 1.26 bits per heavy atom. The predicted molar refractivity (Wildman–Crippen MR) is 82.0 cm³/mol. The van der Waals surface area contributed by atoms with Gasteiger partial charge in [-0.2, -0.15) is 0 Å². The summed E-state index contributed by atoms with van der Waals surface area (Å²) in [5, 5.41) is 9.91. The Balaban J connectivity index is 2.40. The zero-order valence-corrected chi connectivity index (χ0v) is 12.5. The van der Waals surface area contributed by atoms with Gasteiger partial charge in [-0.05, 0) is 36.6 Å². The van der Waals surface area contributed by atoms with Gasteiger partial charge in [-0.3, -0.25) is 0 Å². The molecule has 0 radical (unpaired) electrons. The molecular formula is C15H18ClNOS. The average molecular weight is 296 g/mol. The second-order valence-electron chi connectivity index (χ2n) is 4.84. The van der Waals surface area contributed by atoms with Gasteiger partial charge in [0.1, 0.15) is 0 Å². The van der Waals surface area contributed by atoms with Gasteiger partial charge >= 0.3 is 0 Å². The van der Waals surface area contributed by atoms with Crippen LogP contribution in [0.2, 0.25) is 4.34 Å². The predicted octanol–water partition coefficient (Wildman–Crippen LogP) is 3.14. The zero-order chi connectivity index (χ0) is 13.9. The summed E-state index contributed by atoms with van der Waals surface area (Å²) in [5.41, 5.74) is 7.83. The third-order valence-electron chi connectivity index (χ3n) is 3.55. The molecule has 0 aliphatic carbocycles. The Hall–Kier alpha value is -0.870. The minimum absolute atomic E-state index is 0.0316. The Kier molecular flexibility index (Phi) is 4.63. The van der Waals surface area contributed by atoms with E-state index in [0.717, 1.165) is 20.3 Å². The SMILES string of the molecule is Cc1ccccc1C(CN)(CO)Cc1ccc(Cl)s1. The third kappa shape index (κ3) is 3.00. The molecule has 1 heterocycles. The van der Waals surface area contributed by atoms with Crippen LogP contribution in [0.25, 0.3) is 0 Å². The molecule has 0 aliphatic rings. The van der Waals surface area contributed by atoms with Crippen LogP contribution in [-0.4, -0.2) is 18.3 Å². The van der Waals surface area contributed by atoms with Gasteiger partial charge in [-0.1, -0.05) is 35.9 Å². The summed E-state index contributed by atoms with van der Waals surface area (Å²) in [7, 11) is 0. The Morgan fingerprint density at radius 2 is 2.00 bits per heavy atom. The number of benzene rings is 1. The standard InChI is InChI=1S/C15H18ClNOS/c1-11-4-2-3-5-13(11)15(9-17,10-18)8-12-6-7-14(16)19-12/h2-7,18H,8-10,17H2,1H3. The maximum atomic E-state index is 9.91. The minimum atomic E-state index is -0.431. The van der Waals surface area contributed by atoms with Crippen molar-refractivity contribution in [1.82, 2.24) is 0 Å². The van der Waals surface area contributed by atoms with E-state index in [4.69, 9.17) is 17.3 Å². The van der Waals surface area contributed by atoms with Gasteiger partial charge in [0.25, 0.3) is 0 Å². The molecular weight excluding hydrogens is 278 g/mol. The van der Waals surface area contributed by atoms with Crippen LogP contribution in [0, 0.1) is 6.92 Å². The van der Waals surface area contributed by atoms with Crippen LogP contribution in [0.5, 0.6) is 0 Å². The van der Waals surface area contributed by atoms with Gasteiger partial charge < -0.3 is 10.8 Å². The highest BCUT2D eigenvalue weighted by Crippen LogP contribution is 2.33. The summed E-state index contributed by atoms with van der Waals surface area (Å²) in [4.78, 5) is 1.15. The molecule has 0 spiro atoms. The van der Waals surface area contributed by atoms with Crippen LogP contribution in [0.15, 0.2) is 36.4 Å². The van der Waals surface area contributed by atoms with E-state index in [-0.39, 0.29) is 6.61 Å². The van der Waals surface area contributed by atoms with Crippen LogP contribution in [0.3, 0.4) is 0 Å². The molecule has 0 saturated heterocycles. The van der Waals surface area contributed by atoms with Crippen molar-refractivity contribution >= 4 is 22.9 Å². The largest absolute Gasteiger partial charge is 0.395 e. The number of hydrogen-bond acceptors (Lipinski definition) is 3. The van der Waals surface area contributed by atoms with Gasteiger partial charge in [0.15, 0.2) is 0 Å². The summed E-state index contributed by atoms with van der Waals surface area (Å²) in [6.45, 7) is 2.49. The molecule has 2 nitrogen and oxygen atoms in total. The van der Waals surface area contributed by atoms with Crippen LogP contribution < -0.4 is 5.73 Å². The maximum Gasteiger partial charge on any atom is 0.0931 e. The van der Waals surface area contributed by atoms with Crippen LogP contribution >= 0.6 is 22.9 Å². The molecule has 19 heavy (non-hydrogen) atoms. The lowest BCUT2D eigenvalue weighted by Crippen LogP contribution is -2.41. The fourth-order valence-electron chi connectivity index (χ4n) is 2.43. The smallest absolute Gasteiger partial charge is 0.0931 e. The van der Waals surface area contributed by atoms with E-state index in [1.165, 1.54) is 0 Å². The Labute approximate surface area is 122 Å². The molecule has 1 aromatic carbocycles. The fourth-order valence-corrected chi connectivity index (χ4v) is 3.66. The first kappa shape index (κ1) is 14.5. The Morgan fingerprint density at radius 3 is 2.53 bits per heavy atom. The lowest BCUT2D eigenvalue weighted by molar-refractivity contribution is 0.196. The van der Waals surface area contributed by atoms with Crippen molar-refractivity contribution in [3.05, 3.63) is 56.7 Å². The number of nitrogens with two attached hydrogens (primary N) is 1. The van der Waals surface area contributed by atoms with Crippen molar-refractivity contribution in [2.24, 2.45) is 5.73 Å². The maximum absolute atomic E-state index is 9.91. The number of aryl methyl sites for hydroxylation is 1. The molecule has 4 heteroatoms. The van der Waals surface area contributed by atoms with Gasteiger partial charge in [0, 0.05) is 16.8 Å². The van der Waals surface area contributed by atoms with Crippen molar-refractivity contribution in [3.8, 4) is 0 Å². The molecule has 3 N–H and O–H groups in total. The quantitative estimate of drug-likeness (QED) is 0.890. The summed E-state index contributed by atoms with van der Waals surface area (Å²) in [5.74, 6) is 0. The van der Waals surface area contributed by atoms with E-state index >= 15 is 0 Å². The van der Waals surface area contributed by atoms with Crippen LogP contribution in [0.4, 0.5) is 0 Å². The van der Waals surface area contributed by atoms with E-state index in [1.54, 1.807) is 11.3 Å². The molecule has 2 rings (SSSR count). The van der Waals surface area contributed by atoms with Crippen molar-refractivity contribution in [2.75, 3.05) is 13.2 Å². The number of thiophene rings is 1. The molecule has 0 saturated carbocycles. The molecule has 0 bridgehead atoms. The first-order valence-corrected chi connectivity index (χ1v) is 7.42. The molecule has 0 fully saturated rings. The van der Waals surface area contributed by atoms with Gasteiger partial charge in [0.05, 0.1) is 10.9 Å². The normalized spacial score (nSPS) is 14.3. The minimum Gasteiger partial charge on any atom is -0.395 e. The topological polar surface area (TPSA) is 46.2 Å². The van der Waals surface area contributed by atoms with Crippen molar-refractivity contribution in [1.29, 1.82) is 0 Å². The van der Waals surface area contributed by atoms with E-state index in [1.807, 2.05) is 30.3 Å². The van der Waals surface area contributed by atoms with E-state index in [0.29, 0.717) is 13.0 Å². The fraction of sp³-hybridized carbons (Fsp3) is 0.333. The molecule has 1 aromatic heterocycles. The number of aliphatic hydroxyl groups excluding tert-OH is 1. The highest BCUT2D eigenvalue weighted by Gasteiger charge is 2.32. The molecule has 0 amide bonds. The van der Waals surface area contributed by atoms with Crippen LogP contribution in [-0.2, 0) is 11.8 Å². The molecule has 102 valence electrons. The van der Waals surface area contributed by atoms with Gasteiger partial charge in [0.2, 0.25) is 0 Å². The molecule has 0 aliphatic heterocycles. The highest BCUT2D eigenvalue weighted by molar-refractivity contribution is 7.16. The van der Waals surface area contributed by atoms with E-state index < -0.39 is 5.41 Å². The lowest BCUT2D eigenvalue weighted by atomic mass is 9.76. The number of rotatable bonds is 5. The first-order valence-electron chi connectivity index (χ1n) is 6.22. The summed E-state index contributed by atoms with van der Waals surface area (Å²) >= 11 is 7.52. The monoisotopic (exact) mass is 295 g/mol. The van der Waals surface area contributed by atoms with E-state index in [9.17, 15) is 5.11 Å². The van der Waals surface area contributed by atoms with Gasteiger partial charge in [-0.15, -0.1) is 11.3 Å². The molecule has 1 unspecified atom stereocenters. The van der Waals surface area contributed by atoms with Crippen molar-refractivity contribution in [2.45, 2.75) is 18.8 Å². The highest BCUT2D eigenvalue weighted by atomic mass is 35.5. The number of aliphatic hydroxyl groups is 1.